The first-order chi connectivity index (χ1) is 30.5. The Morgan fingerprint density at radius 1 is 0.984 bits per heavy atom. The summed E-state index contributed by atoms with van der Waals surface area (Å²) in [4.78, 5) is 41.6. The minimum atomic E-state index is -4.31. The molecule has 7 heterocycles. The number of carbonyl (C=O) groups excluding carboxylic acids is 2. The first-order valence-corrected chi connectivity index (χ1v) is 22.8. The highest BCUT2D eigenvalue weighted by Crippen LogP contribution is 2.61. The number of nitrogen functional groups attached to an aromatic ring is 1. The number of rotatable bonds is 13. The van der Waals surface area contributed by atoms with Gasteiger partial charge >= 0.3 is 11.2 Å². The molecule has 2 fully saturated rings. The number of nitrogens with two attached hydrogens (primary N) is 1. The number of piperazine rings is 1. The molecule has 1 atom stereocenters. The van der Waals surface area contributed by atoms with Crippen LogP contribution in [0.2, 0.25) is 0 Å². The normalized spacial score (nSPS) is 19.3. The van der Waals surface area contributed by atoms with Crippen LogP contribution in [0.5, 0.6) is 11.5 Å². The highest BCUT2D eigenvalue weighted by Gasteiger charge is 2.50. The van der Waals surface area contributed by atoms with Crippen molar-refractivity contribution in [1.82, 2.24) is 43.7 Å². The molecule has 0 radical (unpaired) electrons. The number of carbonyl (C=O) groups is 2. The number of piperidine rings is 1. The van der Waals surface area contributed by atoms with Crippen molar-refractivity contribution in [1.29, 1.82) is 0 Å². The summed E-state index contributed by atoms with van der Waals surface area (Å²) in [5, 5.41) is 8.70. The molecule has 5 aromatic rings. The maximum Gasteiger partial charge on any atom is 0.387 e. The number of aryl methyl sites for hydroxylation is 2. The second-order valence-electron chi connectivity index (χ2n) is 16.4. The molecule has 9 rings (SSSR count). The van der Waals surface area contributed by atoms with E-state index in [9.17, 15) is 9.59 Å². The molecule has 0 aliphatic carbocycles. The summed E-state index contributed by atoms with van der Waals surface area (Å²) < 4.78 is 41.7. The first kappa shape index (κ1) is 42.1. The van der Waals surface area contributed by atoms with E-state index in [1.54, 1.807) is 37.3 Å². The van der Waals surface area contributed by atoms with Gasteiger partial charge in [0.05, 0.1) is 17.1 Å². The number of aromatic nitrogens is 5. The van der Waals surface area contributed by atoms with Crippen molar-refractivity contribution >= 4 is 51.6 Å². The molecular formula is C46H52F2N11O3S+. The molecule has 0 unspecified atom stereocenters. The average molecular weight is 877 g/mol. The number of nitrogens with one attached hydrogen (secondary N) is 1. The monoisotopic (exact) mass is 876 g/mol. The lowest BCUT2D eigenvalue weighted by Gasteiger charge is -2.34. The second kappa shape index (κ2) is 17.9. The molecule has 63 heavy (non-hydrogen) atoms. The maximum atomic E-state index is 15.8. The van der Waals surface area contributed by atoms with Gasteiger partial charge in [-0.15, -0.1) is 0 Å². The summed E-state index contributed by atoms with van der Waals surface area (Å²) in [5.74, 6) is 1.63. The number of nitrogens with zero attached hydrogens (tertiary/aromatic N) is 9. The van der Waals surface area contributed by atoms with Crippen LogP contribution in [-0.4, -0.2) is 119 Å². The van der Waals surface area contributed by atoms with Crippen LogP contribution in [0.4, 0.5) is 13.6 Å². The van der Waals surface area contributed by atoms with Gasteiger partial charge in [0.1, 0.15) is 29.3 Å². The summed E-state index contributed by atoms with van der Waals surface area (Å²) in [6.45, 7) is 9.96. The topological polar surface area (TPSA) is 143 Å². The summed E-state index contributed by atoms with van der Waals surface area (Å²) in [7, 11) is 0. The molecule has 4 aliphatic heterocycles. The van der Waals surface area contributed by atoms with E-state index < -0.39 is 11.2 Å². The van der Waals surface area contributed by atoms with Crippen LogP contribution >= 0.6 is 11.2 Å². The SMILES string of the molecule is Cc1cc(C)n2c1C=C1C=CC(CCC(=O)NCCN3CCN(C/C=C/C(=O)N4CCC[C@@H](n5nc(-c6ccc(Oc7ccccc7)cc6)c6c(N)ncnc65)C4)CC3)=[N+]1S2(F)F. The number of fused-ring (bicyclic) bond motifs is 3. The standard InChI is InChI=1S/C46H51F2N11O3S/c1-32-28-33(2)58-40(32)29-36-15-14-35(59(36)63(58,47)48)16-19-41(60)50-20-23-55-26-24-54(25-27-55)21-7-11-42(61)56-22-6-8-37(30-56)57-46-43(45(49)51-31-52-46)44(53-57)34-12-17-39(18-13-34)62-38-9-4-3-5-10-38/h3-5,7,9-15,17-18,28-29,31,37H,6,8,16,19-27,30H2,1-2H3,(H2-,49,50,51,52,53,60)/p+1/b11-7+/t37-/m1/s1. The molecule has 2 aromatic carbocycles. The Bertz CT molecular complexity index is 2650. The van der Waals surface area contributed by atoms with Gasteiger partial charge in [-0.3, -0.25) is 19.4 Å². The second-order valence-corrected chi connectivity index (χ2v) is 18.0. The minimum Gasteiger partial charge on any atom is -0.457 e. The number of halogens is 2. The number of anilines is 1. The number of para-hydroxylation sites is 1. The highest BCUT2D eigenvalue weighted by atomic mass is 32.3. The van der Waals surface area contributed by atoms with Crippen molar-refractivity contribution < 1.29 is 26.1 Å². The lowest BCUT2D eigenvalue weighted by Crippen LogP contribution is -2.48. The van der Waals surface area contributed by atoms with Crippen LogP contribution in [0.3, 0.4) is 0 Å². The van der Waals surface area contributed by atoms with Crippen molar-refractivity contribution in [2.45, 2.75) is 45.6 Å². The Balaban J connectivity index is 0.725. The van der Waals surface area contributed by atoms with Crippen LogP contribution < -0.4 is 15.8 Å². The number of ether oxygens (including phenoxy) is 1. The predicted molar refractivity (Wildman–Crippen MR) is 242 cm³/mol. The lowest BCUT2D eigenvalue weighted by molar-refractivity contribution is -0.302. The van der Waals surface area contributed by atoms with Gasteiger partial charge in [0, 0.05) is 107 Å². The minimum absolute atomic E-state index is 0.0285. The summed E-state index contributed by atoms with van der Waals surface area (Å²) in [5.41, 5.74) is 11.4. The number of amides is 2. The van der Waals surface area contributed by atoms with E-state index in [1.807, 2.05) is 77.2 Å². The van der Waals surface area contributed by atoms with Gasteiger partial charge in [0.2, 0.25) is 23.2 Å². The van der Waals surface area contributed by atoms with Gasteiger partial charge in [-0.25, -0.2) is 18.6 Å². The van der Waals surface area contributed by atoms with E-state index in [2.05, 4.69) is 25.1 Å². The zero-order valence-corrected chi connectivity index (χ0v) is 36.3. The Morgan fingerprint density at radius 2 is 1.75 bits per heavy atom. The fraction of sp³-hybridized carbons (Fsp3) is 0.348. The molecule has 0 spiro atoms. The fourth-order valence-corrected chi connectivity index (χ4v) is 10.7. The smallest absolute Gasteiger partial charge is 0.387 e. The Labute approximate surface area is 367 Å². The van der Waals surface area contributed by atoms with E-state index >= 15 is 7.77 Å². The largest absolute Gasteiger partial charge is 0.457 e. The van der Waals surface area contributed by atoms with Gasteiger partial charge in [-0.2, -0.15) is 5.10 Å². The molecule has 328 valence electrons. The van der Waals surface area contributed by atoms with Crippen LogP contribution in [-0.2, 0) is 9.59 Å². The molecule has 0 saturated carbocycles. The molecule has 4 aliphatic rings. The van der Waals surface area contributed by atoms with Gasteiger partial charge in [0.15, 0.2) is 5.65 Å². The predicted octanol–water partition coefficient (Wildman–Crippen LogP) is 6.85. The zero-order chi connectivity index (χ0) is 43.7. The maximum absolute atomic E-state index is 15.8. The quantitative estimate of drug-likeness (QED) is 0.0960. The molecule has 14 nitrogen and oxygen atoms in total. The molecular weight excluding hydrogens is 825 g/mol. The van der Waals surface area contributed by atoms with E-state index in [0.717, 1.165) is 63.9 Å². The van der Waals surface area contributed by atoms with Gasteiger partial charge in [-0.05, 0) is 74.7 Å². The molecule has 2 saturated heterocycles. The van der Waals surface area contributed by atoms with Gasteiger partial charge < -0.3 is 20.7 Å². The summed E-state index contributed by atoms with van der Waals surface area (Å²) in [6.07, 6.45) is 12.4. The molecule has 17 heteroatoms. The fourth-order valence-electron chi connectivity index (χ4n) is 8.92. The number of allylic oxidation sites excluding steroid dienone is 2. The zero-order valence-electron chi connectivity index (χ0n) is 35.5. The Morgan fingerprint density at radius 3 is 2.54 bits per heavy atom. The third kappa shape index (κ3) is 8.77. The Hall–Kier alpha value is -6.17. The lowest BCUT2D eigenvalue weighted by atomic mass is 10.1. The van der Waals surface area contributed by atoms with Crippen molar-refractivity contribution in [2.24, 2.45) is 0 Å². The third-order valence-electron chi connectivity index (χ3n) is 12.2. The van der Waals surface area contributed by atoms with Crippen molar-refractivity contribution in [3.8, 4) is 22.8 Å². The first-order valence-electron chi connectivity index (χ1n) is 21.5. The van der Waals surface area contributed by atoms with E-state index in [4.69, 9.17) is 15.6 Å². The molecule has 2 amide bonds. The summed E-state index contributed by atoms with van der Waals surface area (Å²) >= 11 is -4.31. The number of benzene rings is 2. The van der Waals surface area contributed by atoms with Crippen LogP contribution in [0, 0.1) is 13.8 Å². The molecule has 3 aromatic heterocycles. The highest BCUT2D eigenvalue weighted by molar-refractivity contribution is 8.18. The van der Waals surface area contributed by atoms with Crippen molar-refractivity contribution in [3.63, 3.8) is 0 Å². The van der Waals surface area contributed by atoms with Crippen molar-refractivity contribution in [3.05, 3.63) is 114 Å². The van der Waals surface area contributed by atoms with Crippen LogP contribution in [0.15, 0.2) is 97.0 Å². The number of hydrogen-bond donors (Lipinski definition) is 2. The van der Waals surface area contributed by atoms with Gasteiger partial charge in [0.25, 0.3) is 0 Å². The van der Waals surface area contributed by atoms with Crippen LogP contribution in [0.1, 0.15) is 48.7 Å². The molecule has 0 bridgehead atoms. The number of likely N-dealkylation sites (tertiary alicyclic amines) is 1. The van der Waals surface area contributed by atoms with E-state index in [1.165, 1.54) is 6.33 Å². The average Bonchev–Trinajstić information content (AvgIpc) is 3.98. The van der Waals surface area contributed by atoms with Gasteiger partial charge in [-0.1, -0.05) is 36.0 Å². The van der Waals surface area contributed by atoms with E-state index in [0.29, 0.717) is 83.8 Å². The molecule has 3 N–H and O–H groups in total. The Kier molecular flexibility index (Phi) is 12.0. The number of hydrogen-bond acceptors (Lipinski definition) is 9. The van der Waals surface area contributed by atoms with E-state index in [-0.39, 0.29) is 30.7 Å². The van der Waals surface area contributed by atoms with Crippen molar-refractivity contribution in [2.75, 3.05) is 64.6 Å². The van der Waals surface area contributed by atoms with Crippen LogP contribution in [0.25, 0.3) is 28.4 Å². The third-order valence-corrected chi connectivity index (χ3v) is 14.0. The summed E-state index contributed by atoms with van der Waals surface area (Å²) in [6, 6.07) is 19.0.